The fraction of sp³-hybridized carbons (Fsp3) is 0.800. The molecule has 3 nitrogen and oxygen atoms in total. The van der Waals surface area contributed by atoms with Crippen LogP contribution < -0.4 is 0 Å². The Labute approximate surface area is 61.4 Å². The van der Waals surface area contributed by atoms with Crippen molar-refractivity contribution in [3.63, 3.8) is 0 Å². The zero-order chi connectivity index (χ0) is 8.48. The third-order valence-corrected chi connectivity index (χ3v) is 1.17. The van der Waals surface area contributed by atoms with Crippen molar-refractivity contribution >= 4 is 5.90 Å². The van der Waals surface area contributed by atoms with E-state index in [-0.39, 0.29) is 12.3 Å². The number of nitrogens with zero attached hydrogens (tertiary/aromatic N) is 2. The highest BCUT2D eigenvalue weighted by Gasteiger charge is 2.34. The van der Waals surface area contributed by atoms with Gasteiger partial charge in [-0.2, -0.15) is 0 Å². The van der Waals surface area contributed by atoms with Crippen molar-refractivity contribution in [2.75, 3.05) is 13.6 Å². The number of hydrogen-bond donors (Lipinski definition) is 0. The molecule has 0 aromatic rings. The predicted octanol–water partition coefficient (Wildman–Crippen LogP) is 1.17. The second kappa shape index (κ2) is 2.60. The van der Waals surface area contributed by atoms with Gasteiger partial charge in [-0.3, -0.25) is 5.01 Å². The Kier molecular flexibility index (Phi) is 1.92. The van der Waals surface area contributed by atoms with E-state index in [0.29, 0.717) is 6.54 Å². The second-order valence-corrected chi connectivity index (χ2v) is 2.17. The van der Waals surface area contributed by atoms with Crippen LogP contribution in [0.25, 0.3) is 0 Å². The Morgan fingerprint density at radius 1 is 1.55 bits per heavy atom. The molecule has 0 saturated carbocycles. The van der Waals surface area contributed by atoms with Crippen molar-refractivity contribution in [3.8, 4) is 0 Å². The van der Waals surface area contributed by atoms with Crippen LogP contribution in [0.5, 0.6) is 0 Å². The van der Waals surface area contributed by atoms with Gasteiger partial charge < -0.3 is 4.74 Å². The number of hydrazone groups is 1. The van der Waals surface area contributed by atoms with Crippen LogP contribution in [-0.2, 0) is 4.74 Å². The largest absolute Gasteiger partial charge is 0.574 e. The highest BCUT2D eigenvalue weighted by Crippen LogP contribution is 2.19. The predicted molar refractivity (Wildman–Crippen MR) is 31.8 cm³/mol. The average Bonchev–Trinajstić information content (AvgIpc) is 2.10. The molecular formula is C5H7F3N2O. The molecule has 0 spiro atoms. The fourth-order valence-electron chi connectivity index (χ4n) is 0.753. The SMILES string of the molecule is CN1CCC(OC(F)(F)F)=N1. The van der Waals surface area contributed by atoms with Gasteiger partial charge in [0.05, 0.1) is 0 Å². The molecule has 1 aliphatic rings. The lowest BCUT2D eigenvalue weighted by Gasteiger charge is -2.06. The second-order valence-electron chi connectivity index (χ2n) is 2.17. The van der Waals surface area contributed by atoms with Gasteiger partial charge in [0.2, 0.25) is 5.90 Å². The molecule has 0 saturated heterocycles. The number of alkyl halides is 3. The van der Waals surface area contributed by atoms with Crippen molar-refractivity contribution in [1.29, 1.82) is 0 Å². The van der Waals surface area contributed by atoms with Crippen molar-refractivity contribution in [2.24, 2.45) is 5.10 Å². The Morgan fingerprint density at radius 2 is 2.18 bits per heavy atom. The van der Waals surface area contributed by atoms with Gasteiger partial charge in [-0.25, -0.2) is 0 Å². The van der Waals surface area contributed by atoms with E-state index in [1.807, 2.05) is 0 Å². The van der Waals surface area contributed by atoms with Gasteiger partial charge in [0, 0.05) is 20.0 Å². The summed E-state index contributed by atoms with van der Waals surface area (Å²) in [5, 5.41) is 4.89. The van der Waals surface area contributed by atoms with E-state index in [0.717, 1.165) is 0 Å². The number of halogens is 3. The van der Waals surface area contributed by atoms with Crippen molar-refractivity contribution < 1.29 is 17.9 Å². The van der Waals surface area contributed by atoms with E-state index in [9.17, 15) is 13.2 Å². The van der Waals surface area contributed by atoms with Crippen LogP contribution in [0.1, 0.15) is 6.42 Å². The van der Waals surface area contributed by atoms with E-state index < -0.39 is 6.36 Å². The molecule has 6 heteroatoms. The molecule has 64 valence electrons. The number of rotatable bonds is 0. The highest BCUT2D eigenvalue weighted by atomic mass is 19.4. The molecule has 0 radical (unpaired) electrons. The van der Waals surface area contributed by atoms with E-state index in [1.165, 1.54) is 5.01 Å². The summed E-state index contributed by atoms with van der Waals surface area (Å²) in [5.74, 6) is -0.264. The Morgan fingerprint density at radius 3 is 2.55 bits per heavy atom. The monoisotopic (exact) mass is 168 g/mol. The lowest BCUT2D eigenvalue weighted by Crippen LogP contribution is -2.18. The van der Waals surface area contributed by atoms with Crippen LogP contribution in [0.2, 0.25) is 0 Å². The summed E-state index contributed by atoms with van der Waals surface area (Å²) < 4.78 is 38.1. The quantitative estimate of drug-likeness (QED) is 0.542. The summed E-state index contributed by atoms with van der Waals surface area (Å²) in [6, 6.07) is 0. The first-order valence-electron chi connectivity index (χ1n) is 3.02. The minimum atomic E-state index is -4.61. The van der Waals surface area contributed by atoms with Crippen LogP contribution in [0, 0.1) is 0 Å². The van der Waals surface area contributed by atoms with Gasteiger partial charge in [-0.15, -0.1) is 18.3 Å². The first-order valence-corrected chi connectivity index (χ1v) is 3.02. The Hall–Kier alpha value is -0.940. The maximum atomic E-state index is 11.5. The fourth-order valence-corrected chi connectivity index (χ4v) is 0.753. The minimum Gasteiger partial charge on any atom is -0.390 e. The molecular weight excluding hydrogens is 161 g/mol. The first-order chi connectivity index (χ1) is 4.97. The molecule has 1 heterocycles. The maximum absolute atomic E-state index is 11.5. The van der Waals surface area contributed by atoms with Gasteiger partial charge in [-0.1, -0.05) is 0 Å². The molecule has 0 bridgehead atoms. The van der Waals surface area contributed by atoms with Crippen molar-refractivity contribution in [2.45, 2.75) is 12.8 Å². The third kappa shape index (κ3) is 2.65. The van der Waals surface area contributed by atoms with E-state index in [2.05, 4.69) is 9.84 Å². The van der Waals surface area contributed by atoms with Gasteiger partial charge in [0.25, 0.3) is 0 Å². The zero-order valence-corrected chi connectivity index (χ0v) is 5.85. The highest BCUT2D eigenvalue weighted by molar-refractivity contribution is 5.77. The summed E-state index contributed by atoms with van der Waals surface area (Å²) in [5.41, 5.74) is 0. The van der Waals surface area contributed by atoms with Gasteiger partial charge in [0.15, 0.2) is 0 Å². The van der Waals surface area contributed by atoms with Crippen LogP contribution in [0.4, 0.5) is 13.2 Å². The summed E-state index contributed by atoms with van der Waals surface area (Å²) >= 11 is 0. The van der Waals surface area contributed by atoms with E-state index >= 15 is 0 Å². The van der Waals surface area contributed by atoms with Crippen LogP contribution in [-0.4, -0.2) is 30.9 Å². The molecule has 0 atom stereocenters. The summed E-state index contributed by atoms with van der Waals surface area (Å²) in [6.45, 7) is 0.478. The molecule has 1 aliphatic heterocycles. The maximum Gasteiger partial charge on any atom is 0.574 e. The molecule has 0 N–H and O–H groups in total. The van der Waals surface area contributed by atoms with E-state index in [1.54, 1.807) is 7.05 Å². The van der Waals surface area contributed by atoms with E-state index in [4.69, 9.17) is 0 Å². The van der Waals surface area contributed by atoms with Crippen LogP contribution >= 0.6 is 0 Å². The number of ether oxygens (including phenoxy) is 1. The smallest absolute Gasteiger partial charge is 0.390 e. The molecule has 0 amide bonds. The molecule has 0 unspecified atom stereocenters. The Bertz CT molecular complexity index is 177. The summed E-state index contributed by atoms with van der Waals surface area (Å²) in [6.07, 6.45) is -4.39. The normalized spacial score (nSPS) is 18.5. The molecule has 0 aliphatic carbocycles. The molecule has 0 aromatic carbocycles. The molecule has 0 fully saturated rings. The average molecular weight is 168 g/mol. The zero-order valence-electron chi connectivity index (χ0n) is 5.85. The van der Waals surface area contributed by atoms with Crippen LogP contribution in [0.3, 0.4) is 0 Å². The summed E-state index contributed by atoms with van der Waals surface area (Å²) in [7, 11) is 1.59. The van der Waals surface area contributed by atoms with Gasteiger partial charge >= 0.3 is 6.36 Å². The first kappa shape index (κ1) is 8.16. The standard InChI is InChI=1S/C5H7F3N2O/c1-10-3-2-4(9-10)11-5(6,7)8/h2-3H2,1H3. The lowest BCUT2D eigenvalue weighted by molar-refractivity contribution is -0.284. The molecule has 1 rings (SSSR count). The van der Waals surface area contributed by atoms with Crippen LogP contribution in [0.15, 0.2) is 5.10 Å². The van der Waals surface area contributed by atoms with Gasteiger partial charge in [-0.05, 0) is 0 Å². The lowest BCUT2D eigenvalue weighted by atomic mass is 10.4. The topological polar surface area (TPSA) is 24.8 Å². The summed E-state index contributed by atoms with van der Waals surface area (Å²) in [4.78, 5) is 0. The number of hydrogen-bond acceptors (Lipinski definition) is 3. The van der Waals surface area contributed by atoms with Crippen molar-refractivity contribution in [1.82, 2.24) is 5.01 Å². The molecule has 0 aromatic heterocycles. The minimum absolute atomic E-state index is 0.218. The third-order valence-electron chi connectivity index (χ3n) is 1.17. The Balaban J connectivity index is 2.45. The van der Waals surface area contributed by atoms with Gasteiger partial charge in [0.1, 0.15) is 0 Å². The molecule has 11 heavy (non-hydrogen) atoms. The van der Waals surface area contributed by atoms with Crippen molar-refractivity contribution in [3.05, 3.63) is 0 Å².